The van der Waals surface area contributed by atoms with E-state index in [1.807, 2.05) is 0 Å². The van der Waals surface area contributed by atoms with Gasteiger partial charge >= 0.3 is 25.0 Å². The smallest absolute Gasteiger partial charge is 0.183 e. The summed E-state index contributed by atoms with van der Waals surface area (Å²) in [6.07, 6.45) is -4.24. The van der Waals surface area contributed by atoms with Crippen LogP contribution < -0.4 is 18.9 Å². The van der Waals surface area contributed by atoms with Gasteiger partial charge in [-0.1, -0.05) is 5.56 Å². The Hall–Kier alpha value is -0.393. The van der Waals surface area contributed by atoms with Crippen LogP contribution in [0.25, 0.3) is 0 Å². The molecule has 0 fully saturated rings. The molecule has 0 atom stereocenters. The Morgan fingerprint density at radius 2 is 1.91 bits per heavy atom. The molecule has 0 radical (unpaired) electrons. The van der Waals surface area contributed by atoms with E-state index in [1.165, 1.54) is 12.1 Å². The van der Waals surface area contributed by atoms with Crippen LogP contribution in [0, 0.1) is 6.07 Å². The van der Waals surface area contributed by atoms with Gasteiger partial charge < -0.3 is 0 Å². The number of hydrogen-bond acceptors (Lipinski definition) is 0. The molecule has 0 aromatic heterocycles. The summed E-state index contributed by atoms with van der Waals surface area (Å²) in [5.41, 5.74) is -0.657. The van der Waals surface area contributed by atoms with Gasteiger partial charge in [0, 0.05) is 0 Å². The van der Waals surface area contributed by atoms with Crippen molar-refractivity contribution in [3.63, 3.8) is 0 Å². The first-order valence-corrected chi connectivity index (χ1v) is 2.64. The molecule has 0 bridgehead atoms. The molecule has 0 spiro atoms. The average molecular weight is 152 g/mol. The van der Waals surface area contributed by atoms with E-state index < -0.39 is 11.7 Å². The van der Waals surface area contributed by atoms with Gasteiger partial charge in [0.25, 0.3) is 0 Å². The summed E-state index contributed by atoms with van der Waals surface area (Å²) in [5.74, 6) is 0. The fourth-order valence-electron chi connectivity index (χ4n) is 0.570. The zero-order valence-corrected chi connectivity index (χ0v) is 5.94. The van der Waals surface area contributed by atoms with Gasteiger partial charge in [-0.25, -0.2) is 0 Å². The molecule has 11 heavy (non-hydrogen) atoms. The summed E-state index contributed by atoms with van der Waals surface area (Å²) in [6.45, 7) is 0. The van der Waals surface area contributed by atoms with E-state index in [1.54, 1.807) is 0 Å². The Bertz CT molecular complexity index is 205. The summed E-state index contributed by atoms with van der Waals surface area (Å²) in [5, 5.41) is 0. The SMILES string of the molecule is FC(F)(F)c1c[c-]ccc1.[Li+]. The standard InChI is InChI=1S/C7H4F3.Li/c8-7(9,10)6-4-2-1-3-5-6;/h1-2,4-5H;/q-1;+1. The van der Waals surface area contributed by atoms with Crippen molar-refractivity contribution in [3.05, 3.63) is 35.9 Å². The largest absolute Gasteiger partial charge is 1.00 e. The van der Waals surface area contributed by atoms with Gasteiger partial charge in [0.2, 0.25) is 0 Å². The predicted octanol–water partition coefficient (Wildman–Crippen LogP) is -0.490. The summed E-state index contributed by atoms with van der Waals surface area (Å²) in [4.78, 5) is 0. The van der Waals surface area contributed by atoms with Crippen molar-refractivity contribution < 1.29 is 32.0 Å². The summed E-state index contributed by atoms with van der Waals surface area (Å²) in [7, 11) is 0. The third-order valence-electron chi connectivity index (χ3n) is 1.03. The first-order valence-electron chi connectivity index (χ1n) is 2.64. The third kappa shape index (κ3) is 3.00. The quantitative estimate of drug-likeness (QED) is 0.347. The molecular weight excluding hydrogens is 148 g/mol. The summed E-state index contributed by atoms with van der Waals surface area (Å²) >= 11 is 0. The molecule has 1 aromatic rings. The van der Waals surface area contributed by atoms with Gasteiger partial charge in [-0.05, 0) is 0 Å². The van der Waals surface area contributed by atoms with Crippen molar-refractivity contribution in [1.29, 1.82) is 0 Å². The van der Waals surface area contributed by atoms with E-state index in [2.05, 4.69) is 6.07 Å². The Morgan fingerprint density at radius 1 is 1.27 bits per heavy atom. The van der Waals surface area contributed by atoms with Gasteiger partial charge in [-0.3, -0.25) is 0 Å². The van der Waals surface area contributed by atoms with E-state index in [0.29, 0.717) is 0 Å². The minimum absolute atomic E-state index is 0. The van der Waals surface area contributed by atoms with Crippen molar-refractivity contribution in [2.24, 2.45) is 0 Å². The second kappa shape index (κ2) is 3.84. The number of hydrogen-bond donors (Lipinski definition) is 0. The van der Waals surface area contributed by atoms with Crippen LogP contribution in [-0.2, 0) is 6.18 Å². The van der Waals surface area contributed by atoms with Crippen molar-refractivity contribution in [1.82, 2.24) is 0 Å². The average Bonchev–Trinajstić information content (AvgIpc) is 1.88. The number of benzene rings is 1. The van der Waals surface area contributed by atoms with Crippen LogP contribution in [-0.4, -0.2) is 0 Å². The molecule has 0 aliphatic heterocycles. The fourth-order valence-corrected chi connectivity index (χ4v) is 0.570. The Labute approximate surface area is 74.6 Å². The fraction of sp³-hybridized carbons (Fsp3) is 0.143. The van der Waals surface area contributed by atoms with Crippen LogP contribution >= 0.6 is 0 Å². The zero-order chi connectivity index (χ0) is 7.61. The Morgan fingerprint density at radius 3 is 2.18 bits per heavy atom. The van der Waals surface area contributed by atoms with Gasteiger partial charge in [-0.2, -0.15) is 43.5 Å². The summed E-state index contributed by atoms with van der Waals surface area (Å²) in [6, 6.07) is 7.01. The first-order chi connectivity index (χ1) is 4.61. The van der Waals surface area contributed by atoms with Crippen LogP contribution in [0.1, 0.15) is 5.56 Å². The molecule has 0 aliphatic rings. The first kappa shape index (κ1) is 10.6. The molecule has 1 rings (SSSR count). The molecule has 0 saturated carbocycles. The summed E-state index contributed by atoms with van der Waals surface area (Å²) < 4.78 is 35.3. The van der Waals surface area contributed by atoms with E-state index in [9.17, 15) is 13.2 Å². The van der Waals surface area contributed by atoms with E-state index in [4.69, 9.17) is 0 Å². The van der Waals surface area contributed by atoms with Crippen molar-refractivity contribution in [2.75, 3.05) is 0 Å². The maximum Gasteiger partial charge on any atom is 1.00 e. The molecule has 0 nitrogen and oxygen atoms in total. The maximum atomic E-state index is 11.8. The van der Waals surface area contributed by atoms with Crippen LogP contribution in [0.15, 0.2) is 24.3 Å². The van der Waals surface area contributed by atoms with Crippen LogP contribution in [0.2, 0.25) is 0 Å². The zero-order valence-electron chi connectivity index (χ0n) is 5.94. The minimum atomic E-state index is -4.24. The molecule has 0 unspecified atom stereocenters. The van der Waals surface area contributed by atoms with Crippen molar-refractivity contribution >= 4 is 0 Å². The van der Waals surface area contributed by atoms with E-state index in [-0.39, 0.29) is 18.9 Å². The molecule has 0 saturated heterocycles. The second-order valence-electron chi connectivity index (χ2n) is 1.79. The van der Waals surface area contributed by atoms with Crippen LogP contribution in [0.5, 0.6) is 0 Å². The van der Waals surface area contributed by atoms with Crippen molar-refractivity contribution in [2.45, 2.75) is 6.18 Å². The van der Waals surface area contributed by atoms with Crippen LogP contribution in [0.3, 0.4) is 0 Å². The van der Waals surface area contributed by atoms with Crippen LogP contribution in [0.4, 0.5) is 13.2 Å². The van der Waals surface area contributed by atoms with Gasteiger partial charge in [0.15, 0.2) is 0 Å². The minimum Gasteiger partial charge on any atom is -0.183 e. The number of rotatable bonds is 0. The Balaban J connectivity index is 0.000001000. The molecule has 0 N–H and O–H groups in total. The predicted molar refractivity (Wildman–Crippen MR) is 30.3 cm³/mol. The molecule has 0 aliphatic carbocycles. The third-order valence-corrected chi connectivity index (χ3v) is 1.03. The second-order valence-corrected chi connectivity index (χ2v) is 1.79. The molecule has 1 aromatic carbocycles. The molecule has 54 valence electrons. The van der Waals surface area contributed by atoms with Crippen molar-refractivity contribution in [3.8, 4) is 0 Å². The van der Waals surface area contributed by atoms with Gasteiger partial charge in [-0.15, -0.1) is 0 Å². The Kier molecular flexibility index (Phi) is 3.71. The molecule has 0 heterocycles. The number of halogens is 3. The van der Waals surface area contributed by atoms with Gasteiger partial charge in [0.1, 0.15) is 0 Å². The van der Waals surface area contributed by atoms with E-state index >= 15 is 0 Å². The topological polar surface area (TPSA) is 0 Å². The molecule has 0 amide bonds. The van der Waals surface area contributed by atoms with Gasteiger partial charge in [0.05, 0.1) is 0 Å². The molecular formula is C7H4F3Li. The van der Waals surface area contributed by atoms with E-state index in [0.717, 1.165) is 12.1 Å². The molecule has 4 heteroatoms. The monoisotopic (exact) mass is 152 g/mol. The maximum absolute atomic E-state index is 11.8. The number of alkyl halides is 3. The normalized spacial score (nSPS) is 10.5.